The maximum Gasteiger partial charge on any atom is 0.0733 e. The summed E-state index contributed by atoms with van der Waals surface area (Å²) in [5, 5.41) is 4.04. The van der Waals surface area contributed by atoms with Crippen LogP contribution >= 0.6 is 0 Å². The first-order chi connectivity index (χ1) is 4.63. The van der Waals surface area contributed by atoms with Crippen molar-refractivity contribution < 1.29 is 0 Å². The van der Waals surface area contributed by atoms with E-state index in [1.807, 2.05) is 13.8 Å². The molecule has 0 saturated heterocycles. The lowest BCUT2D eigenvalue weighted by atomic mass is 10.3. The fourth-order valence-corrected chi connectivity index (χ4v) is 0.846. The minimum Gasteiger partial charge on any atom is -0.396 e. The summed E-state index contributed by atoms with van der Waals surface area (Å²) >= 11 is 0. The molecule has 0 saturated carbocycles. The molecule has 0 aliphatic carbocycles. The first-order valence-electron chi connectivity index (χ1n) is 3.28. The first kappa shape index (κ1) is 7.12. The summed E-state index contributed by atoms with van der Waals surface area (Å²) in [6.45, 7) is 7.86. The normalized spacial score (nSPS) is 10.8. The Kier molecular flexibility index (Phi) is 1.66. The molecule has 0 fully saturated rings. The van der Waals surface area contributed by atoms with Crippen LogP contribution in [-0.4, -0.2) is 9.78 Å². The van der Waals surface area contributed by atoms with E-state index in [1.165, 1.54) is 0 Å². The quantitative estimate of drug-likeness (QED) is 0.634. The summed E-state index contributed by atoms with van der Waals surface area (Å²) < 4.78 is 1.80. The molecule has 0 aliphatic heterocycles. The molecule has 0 aromatic carbocycles. The molecule has 2 N–H and O–H groups in total. The fourth-order valence-electron chi connectivity index (χ4n) is 0.846. The molecule has 1 heterocycles. The Morgan fingerprint density at radius 3 is 2.50 bits per heavy atom. The van der Waals surface area contributed by atoms with Crippen LogP contribution in [0, 0.1) is 6.92 Å². The summed E-state index contributed by atoms with van der Waals surface area (Å²) in [6.07, 6.45) is 1.63. The van der Waals surface area contributed by atoms with Crippen LogP contribution in [0.4, 0.5) is 5.69 Å². The van der Waals surface area contributed by atoms with Crippen molar-refractivity contribution in [2.75, 3.05) is 5.73 Å². The third kappa shape index (κ3) is 0.988. The van der Waals surface area contributed by atoms with Crippen LogP contribution in [0.2, 0.25) is 0 Å². The number of rotatable bonds is 1. The molecule has 3 heteroatoms. The molecule has 10 heavy (non-hydrogen) atoms. The van der Waals surface area contributed by atoms with E-state index in [4.69, 9.17) is 5.73 Å². The molecule has 0 aliphatic rings. The number of nitrogens with two attached hydrogens (primary N) is 1. The van der Waals surface area contributed by atoms with E-state index < -0.39 is 0 Å². The van der Waals surface area contributed by atoms with E-state index in [1.54, 1.807) is 10.9 Å². The lowest BCUT2D eigenvalue weighted by molar-refractivity contribution is 0.525. The standard InChI is InChI=1S/C7H12N3/c1-5(2)10-6(3)7(8)4-9-10/h4-5H,3,8H2,1-2H3. The number of nitrogens with zero attached hydrogens (tertiary/aromatic N) is 2. The predicted octanol–water partition coefficient (Wildman–Crippen LogP) is 1.23. The molecule has 0 spiro atoms. The lowest BCUT2D eigenvalue weighted by Gasteiger charge is -2.06. The first-order valence-corrected chi connectivity index (χ1v) is 3.28. The molecule has 0 amide bonds. The smallest absolute Gasteiger partial charge is 0.0733 e. The molecule has 0 unspecified atom stereocenters. The molecule has 0 atom stereocenters. The van der Waals surface area contributed by atoms with Gasteiger partial charge in [-0.3, -0.25) is 4.68 Å². The Morgan fingerprint density at radius 2 is 2.30 bits per heavy atom. The highest BCUT2D eigenvalue weighted by Crippen LogP contribution is 2.13. The van der Waals surface area contributed by atoms with Crippen molar-refractivity contribution in [2.24, 2.45) is 0 Å². The maximum atomic E-state index is 5.53. The molecule has 0 bridgehead atoms. The van der Waals surface area contributed by atoms with E-state index in [9.17, 15) is 0 Å². The zero-order valence-corrected chi connectivity index (χ0v) is 6.33. The molecule has 3 nitrogen and oxygen atoms in total. The van der Waals surface area contributed by atoms with Crippen molar-refractivity contribution in [1.29, 1.82) is 0 Å². The third-order valence-corrected chi connectivity index (χ3v) is 1.42. The Morgan fingerprint density at radius 1 is 1.70 bits per heavy atom. The van der Waals surface area contributed by atoms with Crippen LogP contribution in [0.15, 0.2) is 6.20 Å². The van der Waals surface area contributed by atoms with Crippen LogP contribution in [0.1, 0.15) is 25.6 Å². The van der Waals surface area contributed by atoms with Crippen molar-refractivity contribution in [1.82, 2.24) is 9.78 Å². The average Bonchev–Trinajstić information content (AvgIpc) is 2.14. The van der Waals surface area contributed by atoms with Gasteiger partial charge in [0, 0.05) is 6.04 Å². The highest BCUT2D eigenvalue weighted by atomic mass is 15.3. The topological polar surface area (TPSA) is 43.8 Å². The summed E-state index contributed by atoms with van der Waals surface area (Å²) in [6, 6.07) is 0.338. The number of nitrogen functional groups attached to an aromatic ring is 1. The SMILES string of the molecule is [CH2]c1c(N)cnn1C(C)C. The highest BCUT2D eigenvalue weighted by molar-refractivity contribution is 5.42. The summed E-state index contributed by atoms with van der Waals surface area (Å²) in [5.74, 6) is 0. The van der Waals surface area contributed by atoms with Crippen LogP contribution in [0.5, 0.6) is 0 Å². The lowest BCUT2D eigenvalue weighted by Crippen LogP contribution is -2.04. The van der Waals surface area contributed by atoms with E-state index in [0.29, 0.717) is 11.7 Å². The van der Waals surface area contributed by atoms with Gasteiger partial charge in [0.15, 0.2) is 0 Å². The highest BCUT2D eigenvalue weighted by Gasteiger charge is 2.04. The van der Waals surface area contributed by atoms with Crippen LogP contribution < -0.4 is 5.73 Å². The molecular formula is C7H12N3. The maximum absolute atomic E-state index is 5.53. The van der Waals surface area contributed by atoms with Gasteiger partial charge in [-0.05, 0) is 20.8 Å². The second kappa shape index (κ2) is 2.33. The molecular weight excluding hydrogens is 126 g/mol. The fraction of sp³-hybridized carbons (Fsp3) is 0.429. The number of aromatic nitrogens is 2. The summed E-state index contributed by atoms with van der Waals surface area (Å²) in [4.78, 5) is 0. The van der Waals surface area contributed by atoms with E-state index in [-0.39, 0.29) is 0 Å². The Labute approximate surface area is 60.8 Å². The third-order valence-electron chi connectivity index (χ3n) is 1.42. The zero-order valence-electron chi connectivity index (χ0n) is 6.33. The van der Waals surface area contributed by atoms with Gasteiger partial charge in [-0.15, -0.1) is 0 Å². The molecule has 1 rings (SSSR count). The zero-order chi connectivity index (χ0) is 7.72. The monoisotopic (exact) mass is 138 g/mol. The van der Waals surface area contributed by atoms with Crippen LogP contribution in [0.3, 0.4) is 0 Å². The number of anilines is 1. The van der Waals surface area contributed by atoms with Gasteiger partial charge < -0.3 is 5.73 Å². The molecule has 55 valence electrons. The van der Waals surface area contributed by atoms with Gasteiger partial charge in [-0.25, -0.2) is 0 Å². The van der Waals surface area contributed by atoms with Crippen molar-refractivity contribution >= 4 is 5.69 Å². The van der Waals surface area contributed by atoms with E-state index >= 15 is 0 Å². The Balaban J connectivity index is 3.05. The minimum atomic E-state index is 0.338. The van der Waals surface area contributed by atoms with Crippen LogP contribution in [0.25, 0.3) is 0 Å². The number of hydrogen-bond acceptors (Lipinski definition) is 2. The van der Waals surface area contributed by atoms with Gasteiger partial charge in [0.2, 0.25) is 0 Å². The second-order valence-corrected chi connectivity index (χ2v) is 2.58. The van der Waals surface area contributed by atoms with Gasteiger partial charge in [0.05, 0.1) is 17.6 Å². The second-order valence-electron chi connectivity index (χ2n) is 2.58. The van der Waals surface area contributed by atoms with Crippen molar-refractivity contribution in [3.63, 3.8) is 0 Å². The van der Waals surface area contributed by atoms with Gasteiger partial charge >= 0.3 is 0 Å². The molecule has 1 aromatic heterocycles. The van der Waals surface area contributed by atoms with Gasteiger partial charge in [-0.2, -0.15) is 5.10 Å². The van der Waals surface area contributed by atoms with Gasteiger partial charge in [0.1, 0.15) is 0 Å². The predicted molar refractivity (Wildman–Crippen MR) is 41.5 cm³/mol. The van der Waals surface area contributed by atoms with Gasteiger partial charge in [-0.1, -0.05) is 0 Å². The Hall–Kier alpha value is -0.990. The minimum absolute atomic E-state index is 0.338. The number of hydrogen-bond donors (Lipinski definition) is 1. The largest absolute Gasteiger partial charge is 0.396 e. The van der Waals surface area contributed by atoms with Crippen LogP contribution in [-0.2, 0) is 0 Å². The summed E-state index contributed by atoms with van der Waals surface area (Å²) in [5.41, 5.74) is 6.99. The molecule has 1 aromatic rings. The summed E-state index contributed by atoms with van der Waals surface area (Å²) in [7, 11) is 0. The Bertz CT molecular complexity index is 225. The molecule has 1 radical (unpaired) electrons. The van der Waals surface area contributed by atoms with E-state index in [0.717, 1.165) is 5.69 Å². The van der Waals surface area contributed by atoms with Crippen molar-refractivity contribution in [2.45, 2.75) is 19.9 Å². The van der Waals surface area contributed by atoms with Crippen molar-refractivity contribution in [3.8, 4) is 0 Å². The van der Waals surface area contributed by atoms with Crippen molar-refractivity contribution in [3.05, 3.63) is 18.8 Å². The average molecular weight is 138 g/mol. The van der Waals surface area contributed by atoms with Gasteiger partial charge in [0.25, 0.3) is 0 Å². The van der Waals surface area contributed by atoms with E-state index in [2.05, 4.69) is 12.0 Å².